The standard InChI is InChI=1S/C12H18BrN3O/c1-2-16-3-4-17-12(9-16)8-15-11-5-10(13)6-14-7-11/h5-7,12,15H,2-4,8-9H2,1H3. The van der Waals surface area contributed by atoms with Crippen LogP contribution >= 0.6 is 15.9 Å². The van der Waals surface area contributed by atoms with Crippen LogP contribution in [0.2, 0.25) is 0 Å². The lowest BCUT2D eigenvalue weighted by molar-refractivity contribution is -0.0191. The van der Waals surface area contributed by atoms with Crippen molar-refractivity contribution in [2.75, 3.05) is 38.1 Å². The Bertz CT molecular complexity index is 361. The Morgan fingerprint density at radius 2 is 2.47 bits per heavy atom. The predicted octanol–water partition coefficient (Wildman–Crippen LogP) is 1.98. The van der Waals surface area contributed by atoms with E-state index in [0.29, 0.717) is 0 Å². The molecule has 1 atom stereocenters. The van der Waals surface area contributed by atoms with Gasteiger partial charge in [0.05, 0.1) is 24.6 Å². The number of hydrogen-bond donors (Lipinski definition) is 1. The fourth-order valence-corrected chi connectivity index (χ4v) is 2.30. The number of likely N-dealkylation sites (N-methyl/N-ethyl adjacent to an activating group) is 1. The number of nitrogens with one attached hydrogen (secondary N) is 1. The molecule has 0 radical (unpaired) electrons. The molecule has 1 unspecified atom stereocenters. The summed E-state index contributed by atoms with van der Waals surface area (Å²) in [6.07, 6.45) is 3.87. The zero-order chi connectivity index (χ0) is 12.1. The van der Waals surface area contributed by atoms with E-state index in [-0.39, 0.29) is 6.10 Å². The first-order valence-electron chi connectivity index (χ1n) is 5.96. The van der Waals surface area contributed by atoms with Crippen LogP contribution in [-0.4, -0.2) is 48.8 Å². The summed E-state index contributed by atoms with van der Waals surface area (Å²) in [5, 5.41) is 3.36. The van der Waals surface area contributed by atoms with Crippen molar-refractivity contribution in [3.8, 4) is 0 Å². The molecule has 0 saturated carbocycles. The zero-order valence-corrected chi connectivity index (χ0v) is 11.6. The lowest BCUT2D eigenvalue weighted by atomic mass is 10.2. The van der Waals surface area contributed by atoms with Gasteiger partial charge < -0.3 is 10.1 Å². The molecule has 4 nitrogen and oxygen atoms in total. The quantitative estimate of drug-likeness (QED) is 0.922. The van der Waals surface area contributed by atoms with Crippen LogP contribution in [0.5, 0.6) is 0 Å². The van der Waals surface area contributed by atoms with Gasteiger partial charge in [-0.1, -0.05) is 6.92 Å². The Hall–Kier alpha value is -0.650. The van der Waals surface area contributed by atoms with E-state index in [4.69, 9.17) is 4.74 Å². The van der Waals surface area contributed by atoms with Crippen LogP contribution in [-0.2, 0) is 4.74 Å². The summed E-state index contributed by atoms with van der Waals surface area (Å²) in [6, 6.07) is 2.02. The Morgan fingerprint density at radius 1 is 1.59 bits per heavy atom. The second-order valence-electron chi connectivity index (χ2n) is 4.16. The number of aromatic nitrogens is 1. The summed E-state index contributed by atoms with van der Waals surface area (Å²) in [5.41, 5.74) is 1.02. The molecule has 0 aromatic carbocycles. The monoisotopic (exact) mass is 299 g/mol. The van der Waals surface area contributed by atoms with E-state index in [1.54, 1.807) is 6.20 Å². The Labute approximate surface area is 110 Å². The third-order valence-electron chi connectivity index (χ3n) is 2.91. The highest BCUT2D eigenvalue weighted by Gasteiger charge is 2.18. The minimum Gasteiger partial charge on any atom is -0.381 e. The third-order valence-corrected chi connectivity index (χ3v) is 3.34. The molecule has 94 valence electrons. The van der Waals surface area contributed by atoms with E-state index in [0.717, 1.165) is 42.9 Å². The number of nitrogens with zero attached hydrogens (tertiary/aromatic N) is 2. The number of morpholine rings is 1. The summed E-state index contributed by atoms with van der Waals surface area (Å²) in [6.45, 7) is 6.99. The van der Waals surface area contributed by atoms with Gasteiger partial charge in [0.25, 0.3) is 0 Å². The number of hydrogen-bond acceptors (Lipinski definition) is 4. The second-order valence-corrected chi connectivity index (χ2v) is 5.07. The molecule has 0 spiro atoms. The SMILES string of the molecule is CCN1CCOC(CNc2cncc(Br)c2)C1. The van der Waals surface area contributed by atoms with Gasteiger partial charge in [-0.05, 0) is 28.5 Å². The summed E-state index contributed by atoms with van der Waals surface area (Å²) in [7, 11) is 0. The van der Waals surface area contributed by atoms with E-state index in [9.17, 15) is 0 Å². The zero-order valence-electron chi connectivity index (χ0n) is 10.0. The fourth-order valence-electron chi connectivity index (χ4n) is 1.93. The first-order valence-corrected chi connectivity index (χ1v) is 6.75. The Balaban J connectivity index is 1.81. The van der Waals surface area contributed by atoms with Crippen LogP contribution in [0.25, 0.3) is 0 Å². The number of rotatable bonds is 4. The van der Waals surface area contributed by atoms with Crippen LogP contribution in [0.1, 0.15) is 6.92 Å². The van der Waals surface area contributed by atoms with Gasteiger partial charge in [-0.2, -0.15) is 0 Å². The van der Waals surface area contributed by atoms with Gasteiger partial charge in [0.15, 0.2) is 0 Å². The molecule has 1 saturated heterocycles. The van der Waals surface area contributed by atoms with Crippen molar-refractivity contribution in [1.82, 2.24) is 9.88 Å². The van der Waals surface area contributed by atoms with Crippen molar-refractivity contribution in [1.29, 1.82) is 0 Å². The van der Waals surface area contributed by atoms with Gasteiger partial charge >= 0.3 is 0 Å². The number of anilines is 1. The minimum atomic E-state index is 0.266. The summed E-state index contributed by atoms with van der Waals surface area (Å²) < 4.78 is 6.71. The van der Waals surface area contributed by atoms with E-state index < -0.39 is 0 Å². The minimum absolute atomic E-state index is 0.266. The maximum atomic E-state index is 5.73. The van der Waals surface area contributed by atoms with Crippen LogP contribution in [0.15, 0.2) is 22.9 Å². The Kier molecular flexibility index (Phi) is 4.76. The molecule has 5 heteroatoms. The van der Waals surface area contributed by atoms with Crippen molar-refractivity contribution in [2.24, 2.45) is 0 Å². The number of pyridine rings is 1. The third kappa shape index (κ3) is 3.94. The molecule has 0 amide bonds. The average molecular weight is 300 g/mol. The topological polar surface area (TPSA) is 37.4 Å². The Morgan fingerprint density at radius 3 is 3.24 bits per heavy atom. The molecule has 17 heavy (non-hydrogen) atoms. The van der Waals surface area contributed by atoms with E-state index in [1.165, 1.54) is 0 Å². The van der Waals surface area contributed by atoms with Crippen LogP contribution < -0.4 is 5.32 Å². The fraction of sp³-hybridized carbons (Fsp3) is 0.583. The van der Waals surface area contributed by atoms with Crippen LogP contribution in [0.3, 0.4) is 0 Å². The summed E-state index contributed by atoms with van der Waals surface area (Å²) in [5.74, 6) is 0. The molecule has 0 aliphatic carbocycles. The van der Waals surface area contributed by atoms with Crippen molar-refractivity contribution < 1.29 is 4.74 Å². The smallest absolute Gasteiger partial charge is 0.0874 e. The van der Waals surface area contributed by atoms with E-state index in [2.05, 4.69) is 38.1 Å². The highest BCUT2D eigenvalue weighted by atomic mass is 79.9. The normalized spacial score (nSPS) is 21.4. The number of ether oxygens (including phenoxy) is 1. The first kappa shape index (κ1) is 12.8. The highest BCUT2D eigenvalue weighted by Crippen LogP contribution is 2.14. The molecule has 1 aliphatic heterocycles. The predicted molar refractivity (Wildman–Crippen MR) is 72.3 cm³/mol. The molecular formula is C12H18BrN3O. The molecule has 1 aromatic rings. The molecule has 1 N–H and O–H groups in total. The lowest BCUT2D eigenvalue weighted by Gasteiger charge is -2.32. The van der Waals surface area contributed by atoms with Crippen LogP contribution in [0.4, 0.5) is 5.69 Å². The lowest BCUT2D eigenvalue weighted by Crippen LogP contribution is -2.45. The van der Waals surface area contributed by atoms with Gasteiger partial charge in [-0.15, -0.1) is 0 Å². The second kappa shape index (κ2) is 6.33. The molecule has 0 bridgehead atoms. The van der Waals surface area contributed by atoms with E-state index in [1.807, 2.05) is 12.3 Å². The first-order chi connectivity index (χ1) is 8.28. The molecule has 1 aliphatic rings. The van der Waals surface area contributed by atoms with Gasteiger partial charge in [-0.3, -0.25) is 9.88 Å². The number of halogens is 1. The highest BCUT2D eigenvalue weighted by molar-refractivity contribution is 9.10. The summed E-state index contributed by atoms with van der Waals surface area (Å²) in [4.78, 5) is 6.53. The molecule has 1 aromatic heterocycles. The van der Waals surface area contributed by atoms with Gasteiger partial charge in [-0.25, -0.2) is 0 Å². The van der Waals surface area contributed by atoms with Gasteiger partial charge in [0, 0.05) is 30.3 Å². The maximum Gasteiger partial charge on any atom is 0.0874 e. The molecule has 1 fully saturated rings. The molecule has 2 rings (SSSR count). The summed E-state index contributed by atoms with van der Waals surface area (Å²) >= 11 is 3.41. The largest absolute Gasteiger partial charge is 0.381 e. The molecular weight excluding hydrogens is 282 g/mol. The van der Waals surface area contributed by atoms with Crippen molar-refractivity contribution in [2.45, 2.75) is 13.0 Å². The van der Waals surface area contributed by atoms with E-state index >= 15 is 0 Å². The van der Waals surface area contributed by atoms with Crippen LogP contribution in [0, 0.1) is 0 Å². The van der Waals surface area contributed by atoms with Crippen molar-refractivity contribution >= 4 is 21.6 Å². The molecule has 2 heterocycles. The van der Waals surface area contributed by atoms with Crippen molar-refractivity contribution in [3.05, 3.63) is 22.9 Å². The van der Waals surface area contributed by atoms with Crippen molar-refractivity contribution in [3.63, 3.8) is 0 Å². The van der Waals surface area contributed by atoms with Gasteiger partial charge in [0.2, 0.25) is 0 Å². The van der Waals surface area contributed by atoms with Gasteiger partial charge in [0.1, 0.15) is 0 Å². The maximum absolute atomic E-state index is 5.73. The average Bonchev–Trinajstić information content (AvgIpc) is 2.37.